The van der Waals surface area contributed by atoms with Crippen molar-refractivity contribution < 1.29 is 9.28 Å². The lowest BCUT2D eigenvalue weighted by Crippen LogP contribution is -2.52. The van der Waals surface area contributed by atoms with Crippen molar-refractivity contribution >= 4 is 11.7 Å². The second-order valence-corrected chi connectivity index (χ2v) is 18.7. The summed E-state index contributed by atoms with van der Waals surface area (Å²) in [6.45, 7) is 8.80. The minimum absolute atomic E-state index is 0.250. The van der Waals surface area contributed by atoms with Crippen molar-refractivity contribution in [3.05, 3.63) is 0 Å². The standard InChI is InChI=1S/C52H101N4O/c1-4-6-8-10-12-14-16-18-20-22-24-26-28-30-32-34-36-38-40-43-51-54-46-49-56(51,3)50-48-55(47-42-45-53)52(57)44-41-39-37-35-33-31-29-27-25-23-21-19-17-15-13-11-9-7-5-2/h4-44,46-50H2,1-3H3/q+1. The molecule has 5 nitrogen and oxygen atoms in total. The second kappa shape index (κ2) is 41.3. The molecule has 5 heteroatoms. The lowest BCUT2D eigenvalue weighted by Gasteiger charge is -2.33. The van der Waals surface area contributed by atoms with E-state index < -0.39 is 0 Å². The van der Waals surface area contributed by atoms with Crippen LogP contribution in [-0.2, 0) is 4.79 Å². The summed E-state index contributed by atoms with van der Waals surface area (Å²) >= 11 is 0. The zero-order valence-electron chi connectivity index (χ0n) is 39.2. The van der Waals surface area contributed by atoms with Crippen LogP contribution in [0.2, 0.25) is 0 Å². The van der Waals surface area contributed by atoms with Gasteiger partial charge in [-0.2, -0.15) is 5.26 Å². The molecule has 0 aliphatic carbocycles. The average Bonchev–Trinajstić information content (AvgIpc) is 3.59. The molecule has 334 valence electrons. The lowest BCUT2D eigenvalue weighted by molar-refractivity contribution is -0.814. The number of carbonyl (C=O) groups excluding carboxylic acids is 1. The van der Waals surface area contributed by atoms with Crippen LogP contribution >= 0.6 is 0 Å². The Morgan fingerprint density at radius 3 is 1.21 bits per heavy atom. The monoisotopic (exact) mass is 798 g/mol. The molecule has 0 saturated heterocycles. The van der Waals surface area contributed by atoms with Gasteiger partial charge in [0.15, 0.2) is 5.84 Å². The zero-order chi connectivity index (χ0) is 41.2. The lowest BCUT2D eigenvalue weighted by atomic mass is 10.0. The summed E-state index contributed by atoms with van der Waals surface area (Å²) in [6.07, 6.45) is 55.0. The maximum atomic E-state index is 13.3. The molecule has 0 aromatic rings. The molecule has 1 aliphatic rings. The molecule has 1 heterocycles. The number of nitriles is 1. The first-order valence-corrected chi connectivity index (χ1v) is 26.1. The summed E-state index contributed by atoms with van der Waals surface area (Å²) in [7, 11) is 2.33. The summed E-state index contributed by atoms with van der Waals surface area (Å²) < 4.78 is 0.884. The molecule has 0 saturated carbocycles. The minimum atomic E-state index is 0.250. The molecule has 1 aliphatic heterocycles. The van der Waals surface area contributed by atoms with Gasteiger partial charge in [0.05, 0.1) is 32.6 Å². The van der Waals surface area contributed by atoms with Gasteiger partial charge < -0.3 is 4.90 Å². The first kappa shape index (κ1) is 53.6. The Kier molecular flexibility index (Phi) is 38.9. The van der Waals surface area contributed by atoms with Gasteiger partial charge in [0, 0.05) is 19.4 Å². The van der Waals surface area contributed by atoms with E-state index in [1.54, 1.807) is 0 Å². The van der Waals surface area contributed by atoms with Crippen LogP contribution in [0.25, 0.3) is 0 Å². The first-order chi connectivity index (χ1) is 28.1. The summed E-state index contributed by atoms with van der Waals surface area (Å²) in [4.78, 5) is 20.2. The molecule has 0 fully saturated rings. The highest BCUT2D eigenvalue weighted by Crippen LogP contribution is 2.20. The van der Waals surface area contributed by atoms with E-state index in [1.165, 1.54) is 237 Å². The number of unbranched alkanes of at least 4 members (excludes halogenated alkanes) is 36. The number of aliphatic imine (C=N–C) groups is 1. The molecule has 1 amide bonds. The highest BCUT2D eigenvalue weighted by Gasteiger charge is 2.33. The molecule has 1 rings (SSSR count). The number of amidine groups is 1. The summed E-state index contributed by atoms with van der Waals surface area (Å²) in [5.74, 6) is 1.59. The number of quaternary nitrogens is 1. The number of nitrogens with zero attached hydrogens (tertiary/aromatic N) is 4. The fraction of sp³-hybridized carbons (Fsp3) is 0.942. The second-order valence-electron chi connectivity index (χ2n) is 18.7. The number of carbonyl (C=O) groups is 1. The van der Waals surface area contributed by atoms with Crippen molar-refractivity contribution in [2.24, 2.45) is 4.99 Å². The number of hydrogen-bond donors (Lipinski definition) is 0. The highest BCUT2D eigenvalue weighted by molar-refractivity contribution is 5.77. The average molecular weight is 798 g/mol. The Morgan fingerprint density at radius 2 is 0.860 bits per heavy atom. The molecule has 1 unspecified atom stereocenters. The van der Waals surface area contributed by atoms with Crippen LogP contribution in [0.3, 0.4) is 0 Å². The van der Waals surface area contributed by atoms with Gasteiger partial charge in [0.2, 0.25) is 5.91 Å². The van der Waals surface area contributed by atoms with Gasteiger partial charge in [-0.1, -0.05) is 245 Å². The quantitative estimate of drug-likeness (QED) is 0.0455. The maximum absolute atomic E-state index is 13.3. The molecule has 0 N–H and O–H groups in total. The van der Waals surface area contributed by atoms with Crippen LogP contribution in [0.15, 0.2) is 4.99 Å². The predicted molar refractivity (Wildman–Crippen MR) is 251 cm³/mol. The first-order valence-electron chi connectivity index (χ1n) is 26.1. The fourth-order valence-electron chi connectivity index (χ4n) is 9.05. The minimum Gasteiger partial charge on any atom is -0.336 e. The Bertz CT molecular complexity index is 943. The molecule has 0 aromatic heterocycles. The molecule has 0 radical (unpaired) electrons. The Balaban J connectivity index is 2.05. The van der Waals surface area contributed by atoms with E-state index in [0.29, 0.717) is 19.4 Å². The molecule has 0 bridgehead atoms. The van der Waals surface area contributed by atoms with E-state index in [2.05, 4.69) is 27.0 Å². The maximum Gasteiger partial charge on any atom is 0.222 e. The van der Waals surface area contributed by atoms with Crippen LogP contribution in [0.5, 0.6) is 0 Å². The normalized spacial score (nSPS) is 15.3. The van der Waals surface area contributed by atoms with E-state index >= 15 is 0 Å². The molecule has 57 heavy (non-hydrogen) atoms. The number of hydrogen-bond acceptors (Lipinski definition) is 3. The van der Waals surface area contributed by atoms with Crippen LogP contribution in [-0.4, -0.2) is 60.9 Å². The van der Waals surface area contributed by atoms with E-state index in [9.17, 15) is 10.1 Å². The van der Waals surface area contributed by atoms with Crippen molar-refractivity contribution in [3.63, 3.8) is 0 Å². The summed E-state index contributed by atoms with van der Waals surface area (Å²) in [5, 5.41) is 9.29. The Morgan fingerprint density at radius 1 is 0.526 bits per heavy atom. The number of rotatable bonds is 45. The number of amides is 1. The van der Waals surface area contributed by atoms with Crippen LogP contribution in [0, 0.1) is 11.3 Å². The van der Waals surface area contributed by atoms with Crippen molar-refractivity contribution in [3.8, 4) is 6.07 Å². The van der Waals surface area contributed by atoms with Gasteiger partial charge in [0.1, 0.15) is 13.1 Å². The predicted octanol–water partition coefficient (Wildman–Crippen LogP) is 16.2. The van der Waals surface area contributed by atoms with Crippen LogP contribution in [0.4, 0.5) is 0 Å². The van der Waals surface area contributed by atoms with Gasteiger partial charge in [-0.05, 0) is 12.8 Å². The van der Waals surface area contributed by atoms with E-state index in [-0.39, 0.29) is 5.91 Å². The van der Waals surface area contributed by atoms with Gasteiger partial charge in [-0.3, -0.25) is 9.28 Å². The summed E-state index contributed by atoms with van der Waals surface area (Å²) in [6, 6.07) is 2.28. The smallest absolute Gasteiger partial charge is 0.222 e. The fourth-order valence-corrected chi connectivity index (χ4v) is 9.05. The van der Waals surface area contributed by atoms with E-state index in [0.717, 1.165) is 49.9 Å². The topological polar surface area (TPSA) is 56.5 Å². The third-order valence-electron chi connectivity index (χ3n) is 13.2. The van der Waals surface area contributed by atoms with Crippen molar-refractivity contribution in [2.45, 2.75) is 277 Å². The molecule has 0 spiro atoms. The van der Waals surface area contributed by atoms with E-state index in [4.69, 9.17) is 4.99 Å². The molecular formula is C52H101N4O+. The van der Waals surface area contributed by atoms with Gasteiger partial charge in [0.25, 0.3) is 0 Å². The Labute approximate surface area is 358 Å². The SMILES string of the molecule is CCCCCCCCCCCCCCCCCCCCCC(=O)N(CCC#N)CC[N+]1(C)CCN=C1CCCCCCCCCCCCCCCCCCCCC. The van der Waals surface area contributed by atoms with Crippen molar-refractivity contribution in [1.29, 1.82) is 5.26 Å². The van der Waals surface area contributed by atoms with Gasteiger partial charge in [-0.25, -0.2) is 4.99 Å². The zero-order valence-corrected chi connectivity index (χ0v) is 39.2. The number of likely N-dealkylation sites (N-methyl/N-ethyl adjacent to an activating group) is 1. The van der Waals surface area contributed by atoms with Gasteiger partial charge >= 0.3 is 0 Å². The largest absolute Gasteiger partial charge is 0.336 e. The van der Waals surface area contributed by atoms with Crippen LogP contribution < -0.4 is 0 Å². The third kappa shape index (κ3) is 33.0. The summed E-state index contributed by atoms with van der Waals surface area (Å²) in [5.41, 5.74) is 0. The molecule has 1 atom stereocenters. The van der Waals surface area contributed by atoms with Gasteiger partial charge in [-0.15, -0.1) is 0 Å². The third-order valence-corrected chi connectivity index (χ3v) is 13.2. The highest BCUT2D eigenvalue weighted by atomic mass is 16.2. The van der Waals surface area contributed by atoms with Crippen molar-refractivity contribution in [2.75, 3.05) is 39.8 Å². The van der Waals surface area contributed by atoms with E-state index in [1.807, 2.05) is 4.90 Å². The Hall–Kier alpha value is -1.41. The van der Waals surface area contributed by atoms with Crippen molar-refractivity contribution in [1.82, 2.24) is 4.90 Å². The molecule has 0 aromatic carbocycles. The molecular weight excluding hydrogens is 697 g/mol. The van der Waals surface area contributed by atoms with Crippen LogP contribution in [0.1, 0.15) is 277 Å².